The molecule has 1 fully saturated rings. The van der Waals surface area contributed by atoms with Crippen molar-refractivity contribution >= 4 is 11.6 Å². The smallest absolute Gasteiger partial charge is 0.252 e. The minimum atomic E-state index is -1.57. The van der Waals surface area contributed by atoms with E-state index in [9.17, 15) is 19.4 Å². The lowest BCUT2D eigenvalue weighted by molar-refractivity contribution is -0.00307. The molecule has 1 atom stereocenters. The molecule has 1 aliphatic rings. The van der Waals surface area contributed by atoms with Crippen LogP contribution in [0.5, 0.6) is 0 Å². The third-order valence-corrected chi connectivity index (χ3v) is 4.47. The lowest BCUT2D eigenvalue weighted by Gasteiger charge is -2.28. The number of nitrogens with zero attached hydrogens (tertiary/aromatic N) is 1. The first-order valence-corrected chi connectivity index (χ1v) is 8.27. The fraction of sp³-hybridized carbons (Fsp3) is 0.647. The maximum atomic E-state index is 14.2. The second-order valence-corrected chi connectivity index (χ2v) is 7.02. The van der Waals surface area contributed by atoms with E-state index in [0.717, 1.165) is 12.8 Å². The molecule has 1 aromatic rings. The predicted molar refractivity (Wildman–Crippen MR) is 89.5 cm³/mol. The van der Waals surface area contributed by atoms with Crippen LogP contribution < -0.4 is 11.1 Å². The zero-order chi connectivity index (χ0) is 17.9. The molecule has 5 N–H and O–H groups in total. The first kappa shape index (κ1) is 18.6. The molecule has 24 heavy (non-hydrogen) atoms. The lowest BCUT2D eigenvalue weighted by atomic mass is 9.92. The molecule has 1 aliphatic carbocycles. The summed E-state index contributed by atoms with van der Waals surface area (Å²) in [5, 5.41) is 22.6. The lowest BCUT2D eigenvalue weighted by Crippen LogP contribution is -2.35. The van der Waals surface area contributed by atoms with Crippen LogP contribution in [0.4, 0.5) is 10.1 Å². The standard InChI is InChI=1S/C17H26FN3O3/c1-17(2,24)14(18)9-13-15(16(19)23)12(7-8-20-13)21-10-3-5-11(22)6-4-10/h7-8,10-11,14,22,24H,3-6,9H2,1-2H3,(H2,19,23)(H,20,21)/t10?,11?,14-/m1/s1. The number of pyridine rings is 1. The van der Waals surface area contributed by atoms with Crippen LogP contribution in [0.3, 0.4) is 0 Å². The van der Waals surface area contributed by atoms with Crippen molar-refractivity contribution in [2.24, 2.45) is 5.73 Å². The Kier molecular flexibility index (Phi) is 5.77. The maximum absolute atomic E-state index is 14.2. The van der Waals surface area contributed by atoms with Gasteiger partial charge in [0.05, 0.1) is 28.6 Å². The van der Waals surface area contributed by atoms with Gasteiger partial charge in [0.1, 0.15) is 6.17 Å². The summed E-state index contributed by atoms with van der Waals surface area (Å²) < 4.78 is 14.2. The average Bonchev–Trinajstić information content (AvgIpc) is 2.48. The normalized spacial score (nSPS) is 22.9. The van der Waals surface area contributed by atoms with Crippen molar-refractivity contribution < 1.29 is 19.4 Å². The minimum Gasteiger partial charge on any atom is -0.393 e. The summed E-state index contributed by atoms with van der Waals surface area (Å²) >= 11 is 0. The van der Waals surface area contributed by atoms with Crippen LogP contribution in [0, 0.1) is 0 Å². The molecule has 1 amide bonds. The molecule has 0 spiro atoms. The van der Waals surface area contributed by atoms with Crippen molar-refractivity contribution in [1.29, 1.82) is 0 Å². The van der Waals surface area contributed by atoms with E-state index in [2.05, 4.69) is 10.3 Å². The highest BCUT2D eigenvalue weighted by Gasteiger charge is 2.30. The predicted octanol–water partition coefficient (Wildman–Crippen LogP) is 1.55. The summed E-state index contributed by atoms with van der Waals surface area (Å²) in [5.41, 5.74) is 4.88. The number of nitrogens with one attached hydrogen (secondary N) is 1. The number of primary amides is 1. The molecule has 7 heteroatoms. The van der Waals surface area contributed by atoms with Crippen molar-refractivity contribution in [1.82, 2.24) is 4.98 Å². The Balaban J connectivity index is 2.22. The number of carbonyl (C=O) groups is 1. The molecule has 0 aromatic carbocycles. The van der Waals surface area contributed by atoms with Gasteiger partial charge >= 0.3 is 0 Å². The summed E-state index contributed by atoms with van der Waals surface area (Å²) in [4.78, 5) is 16.0. The van der Waals surface area contributed by atoms with Crippen molar-refractivity contribution in [3.8, 4) is 0 Å². The van der Waals surface area contributed by atoms with Crippen LogP contribution in [0.1, 0.15) is 55.6 Å². The van der Waals surface area contributed by atoms with E-state index in [-0.39, 0.29) is 29.8 Å². The molecule has 6 nitrogen and oxygen atoms in total. The van der Waals surface area contributed by atoms with E-state index in [4.69, 9.17) is 5.73 Å². The van der Waals surface area contributed by atoms with Crippen LogP contribution >= 0.6 is 0 Å². The molecule has 134 valence electrons. The SMILES string of the molecule is CC(C)(O)[C@H](F)Cc1nccc(NC2CCC(O)CC2)c1C(N)=O. The van der Waals surface area contributed by atoms with E-state index in [0.29, 0.717) is 18.5 Å². The number of aliphatic hydroxyl groups excluding tert-OH is 1. The minimum absolute atomic E-state index is 0.122. The Bertz CT molecular complexity index is 581. The number of hydrogen-bond acceptors (Lipinski definition) is 5. The van der Waals surface area contributed by atoms with Crippen molar-refractivity contribution in [2.75, 3.05) is 5.32 Å². The van der Waals surface area contributed by atoms with Crippen molar-refractivity contribution in [2.45, 2.75) is 69.9 Å². The number of aromatic nitrogens is 1. The van der Waals surface area contributed by atoms with Crippen LogP contribution in [-0.4, -0.2) is 45.0 Å². The van der Waals surface area contributed by atoms with Crippen molar-refractivity contribution in [3.63, 3.8) is 0 Å². The molecule has 0 unspecified atom stereocenters. The van der Waals surface area contributed by atoms with Crippen LogP contribution in [0.25, 0.3) is 0 Å². The number of aliphatic hydroxyl groups is 2. The quantitative estimate of drug-likeness (QED) is 0.629. The number of amides is 1. The molecule has 0 aliphatic heterocycles. The molecule has 1 heterocycles. The fourth-order valence-corrected chi connectivity index (χ4v) is 2.91. The third kappa shape index (κ3) is 4.64. The maximum Gasteiger partial charge on any atom is 0.252 e. The summed E-state index contributed by atoms with van der Waals surface area (Å²) in [6.07, 6.45) is 2.44. The summed E-state index contributed by atoms with van der Waals surface area (Å²) in [5.74, 6) is -0.681. The molecule has 0 radical (unpaired) electrons. The van der Waals surface area contributed by atoms with Gasteiger partial charge in [-0.3, -0.25) is 9.78 Å². The van der Waals surface area contributed by atoms with Crippen LogP contribution in [0.15, 0.2) is 12.3 Å². The van der Waals surface area contributed by atoms with Gasteiger partial charge in [-0.25, -0.2) is 4.39 Å². The van der Waals surface area contributed by atoms with Gasteiger partial charge in [-0.05, 0) is 45.6 Å². The first-order valence-electron chi connectivity index (χ1n) is 8.27. The highest BCUT2D eigenvalue weighted by atomic mass is 19.1. The molecular formula is C17H26FN3O3. The number of carbonyl (C=O) groups excluding carboxylic acids is 1. The second-order valence-electron chi connectivity index (χ2n) is 7.02. The van der Waals surface area contributed by atoms with Gasteiger partial charge in [-0.2, -0.15) is 0 Å². The highest BCUT2D eigenvalue weighted by molar-refractivity contribution is 5.99. The number of rotatable bonds is 6. The van der Waals surface area contributed by atoms with Gasteiger partial charge in [-0.1, -0.05) is 0 Å². The largest absolute Gasteiger partial charge is 0.393 e. The number of halogens is 1. The van der Waals surface area contributed by atoms with Gasteiger partial charge in [0.15, 0.2) is 0 Å². The molecular weight excluding hydrogens is 313 g/mol. The van der Waals surface area contributed by atoms with E-state index < -0.39 is 17.7 Å². The van der Waals surface area contributed by atoms with E-state index in [1.807, 2.05) is 0 Å². The summed E-state index contributed by atoms with van der Waals surface area (Å²) in [6.45, 7) is 2.74. The van der Waals surface area contributed by atoms with Gasteiger partial charge in [0.25, 0.3) is 5.91 Å². The number of nitrogens with two attached hydrogens (primary N) is 1. The zero-order valence-electron chi connectivity index (χ0n) is 14.1. The van der Waals surface area contributed by atoms with E-state index in [1.54, 1.807) is 6.07 Å². The molecule has 0 bridgehead atoms. The summed E-state index contributed by atoms with van der Waals surface area (Å²) in [7, 11) is 0. The molecule has 0 saturated heterocycles. The fourth-order valence-electron chi connectivity index (χ4n) is 2.91. The third-order valence-electron chi connectivity index (χ3n) is 4.47. The highest BCUT2D eigenvalue weighted by Crippen LogP contribution is 2.27. The number of hydrogen-bond donors (Lipinski definition) is 4. The van der Waals surface area contributed by atoms with Crippen LogP contribution in [0.2, 0.25) is 0 Å². The Morgan fingerprint density at radius 1 is 1.46 bits per heavy atom. The Hall–Kier alpha value is -1.73. The zero-order valence-corrected chi connectivity index (χ0v) is 14.1. The molecule has 1 aromatic heterocycles. The Labute approximate surface area is 141 Å². The second kappa shape index (κ2) is 7.44. The Morgan fingerprint density at radius 2 is 2.08 bits per heavy atom. The topological polar surface area (TPSA) is 108 Å². The number of alkyl halides is 1. The molecule has 2 rings (SSSR count). The van der Waals surface area contributed by atoms with Gasteiger partial charge in [0, 0.05) is 18.7 Å². The van der Waals surface area contributed by atoms with Crippen molar-refractivity contribution in [3.05, 3.63) is 23.5 Å². The van der Waals surface area contributed by atoms with Gasteiger partial charge in [-0.15, -0.1) is 0 Å². The average molecular weight is 339 g/mol. The first-order chi connectivity index (χ1) is 11.2. The van der Waals surface area contributed by atoms with Crippen LogP contribution in [-0.2, 0) is 6.42 Å². The summed E-state index contributed by atoms with van der Waals surface area (Å²) in [6, 6.07) is 1.77. The molecule has 1 saturated carbocycles. The monoisotopic (exact) mass is 339 g/mol. The Morgan fingerprint density at radius 3 is 2.62 bits per heavy atom. The number of anilines is 1. The van der Waals surface area contributed by atoms with Gasteiger partial charge in [0.2, 0.25) is 0 Å². The van der Waals surface area contributed by atoms with E-state index >= 15 is 0 Å². The van der Waals surface area contributed by atoms with E-state index in [1.165, 1.54) is 20.0 Å². The van der Waals surface area contributed by atoms with Gasteiger partial charge < -0.3 is 21.3 Å².